The molecule has 5 nitrogen and oxygen atoms in total. The average molecular weight is 296 g/mol. The number of benzene rings is 1. The van der Waals surface area contributed by atoms with Gasteiger partial charge in [0.25, 0.3) is 0 Å². The molecule has 1 amide bonds. The zero-order chi connectivity index (χ0) is 15.6. The first-order chi connectivity index (χ1) is 10.7. The highest BCUT2D eigenvalue weighted by Gasteiger charge is 2.00. The molecule has 5 heteroatoms. The van der Waals surface area contributed by atoms with E-state index in [1.54, 1.807) is 6.20 Å². The molecule has 2 N–H and O–H groups in total. The van der Waals surface area contributed by atoms with Crippen LogP contribution in [0.3, 0.4) is 0 Å². The van der Waals surface area contributed by atoms with E-state index in [1.165, 1.54) is 12.3 Å². The molecule has 2 rings (SSSR count). The van der Waals surface area contributed by atoms with Crippen LogP contribution in [0.25, 0.3) is 0 Å². The summed E-state index contributed by atoms with van der Waals surface area (Å²) < 4.78 is 5.07. The normalized spacial score (nSPS) is 9.45. The Kier molecular flexibility index (Phi) is 5.82. The van der Waals surface area contributed by atoms with Gasteiger partial charge in [-0.25, -0.2) is 4.79 Å². The first-order valence-corrected chi connectivity index (χ1v) is 6.81. The molecule has 0 saturated carbocycles. The van der Waals surface area contributed by atoms with E-state index in [0.717, 1.165) is 5.56 Å². The van der Waals surface area contributed by atoms with Gasteiger partial charge in [-0.1, -0.05) is 42.2 Å². The van der Waals surface area contributed by atoms with Crippen LogP contribution in [0.1, 0.15) is 17.5 Å². The number of ether oxygens (including phenoxy) is 1. The molecule has 0 saturated heterocycles. The molecule has 0 aliphatic carbocycles. The number of nitrogens with zero attached hydrogens (tertiary/aromatic N) is 1. The lowest BCUT2D eigenvalue weighted by Crippen LogP contribution is -2.24. The number of pyridine rings is 1. The molecule has 0 bridgehead atoms. The maximum absolute atomic E-state index is 11.5. The molecule has 0 radical (unpaired) electrons. The Morgan fingerprint density at radius 1 is 1.27 bits per heavy atom. The van der Waals surface area contributed by atoms with Gasteiger partial charge in [-0.3, -0.25) is 4.98 Å². The Morgan fingerprint density at radius 2 is 2.09 bits per heavy atom. The zero-order valence-electron chi connectivity index (χ0n) is 12.0. The lowest BCUT2D eigenvalue weighted by molar-refractivity contribution is 0.140. The third-order valence-electron chi connectivity index (χ3n) is 2.69. The maximum atomic E-state index is 11.5. The molecule has 1 heterocycles. The summed E-state index contributed by atoms with van der Waals surface area (Å²) >= 11 is 0. The standard InChI is InChI=1S/C17H16N2O3/c20-16-10-15(11-18-12-16)8-4-5-9-19-17(21)22-13-14-6-2-1-3-7-14/h1-3,6-7,10-12,20H,5,9,13H2,(H,19,21). The Bertz CT molecular complexity index is 675. The first-order valence-electron chi connectivity index (χ1n) is 6.81. The van der Waals surface area contributed by atoms with Gasteiger partial charge in [-0.05, 0) is 11.6 Å². The number of nitrogens with one attached hydrogen (secondary N) is 1. The van der Waals surface area contributed by atoms with Crippen LogP contribution in [0.2, 0.25) is 0 Å². The maximum Gasteiger partial charge on any atom is 0.407 e. The first kappa shape index (κ1) is 15.4. The van der Waals surface area contributed by atoms with Gasteiger partial charge in [0, 0.05) is 24.7 Å². The van der Waals surface area contributed by atoms with E-state index < -0.39 is 6.09 Å². The fourth-order valence-electron chi connectivity index (χ4n) is 1.66. The van der Waals surface area contributed by atoms with Crippen LogP contribution in [0.15, 0.2) is 48.8 Å². The van der Waals surface area contributed by atoms with Crippen molar-refractivity contribution in [1.82, 2.24) is 10.3 Å². The van der Waals surface area contributed by atoms with Crippen LogP contribution in [0.5, 0.6) is 5.75 Å². The van der Waals surface area contributed by atoms with Gasteiger partial charge >= 0.3 is 6.09 Å². The number of aromatic nitrogens is 1. The van der Waals surface area contributed by atoms with E-state index >= 15 is 0 Å². The molecule has 0 aliphatic heterocycles. The van der Waals surface area contributed by atoms with Crippen molar-refractivity contribution in [1.29, 1.82) is 0 Å². The van der Waals surface area contributed by atoms with Crippen molar-refractivity contribution in [3.8, 4) is 17.6 Å². The van der Waals surface area contributed by atoms with Crippen molar-refractivity contribution >= 4 is 6.09 Å². The largest absolute Gasteiger partial charge is 0.506 e. The molecule has 0 fully saturated rings. The van der Waals surface area contributed by atoms with Crippen molar-refractivity contribution < 1.29 is 14.6 Å². The fraction of sp³-hybridized carbons (Fsp3) is 0.176. The molecule has 0 spiro atoms. The highest BCUT2D eigenvalue weighted by Crippen LogP contribution is 2.06. The van der Waals surface area contributed by atoms with Gasteiger partial charge in [0.1, 0.15) is 12.4 Å². The van der Waals surface area contributed by atoms with Crippen molar-refractivity contribution in [3.05, 3.63) is 59.9 Å². The summed E-state index contributed by atoms with van der Waals surface area (Å²) in [7, 11) is 0. The van der Waals surface area contributed by atoms with Crippen LogP contribution >= 0.6 is 0 Å². The van der Waals surface area contributed by atoms with Crippen molar-refractivity contribution in [2.45, 2.75) is 13.0 Å². The molecule has 0 unspecified atom stereocenters. The van der Waals surface area contributed by atoms with Gasteiger partial charge in [0.15, 0.2) is 0 Å². The van der Waals surface area contributed by atoms with Gasteiger partial charge in [0.2, 0.25) is 0 Å². The van der Waals surface area contributed by atoms with Crippen LogP contribution in [-0.4, -0.2) is 22.7 Å². The number of hydrogen-bond acceptors (Lipinski definition) is 4. The minimum atomic E-state index is -0.468. The summed E-state index contributed by atoms with van der Waals surface area (Å²) in [5.41, 5.74) is 1.57. The number of carbonyl (C=O) groups excluding carboxylic acids is 1. The van der Waals surface area contributed by atoms with Gasteiger partial charge in [-0.2, -0.15) is 0 Å². The smallest absolute Gasteiger partial charge is 0.407 e. The number of carbonyl (C=O) groups is 1. The third-order valence-corrected chi connectivity index (χ3v) is 2.69. The van der Waals surface area contributed by atoms with E-state index in [2.05, 4.69) is 22.1 Å². The second-order valence-electron chi connectivity index (χ2n) is 4.47. The second-order valence-corrected chi connectivity index (χ2v) is 4.47. The topological polar surface area (TPSA) is 71.5 Å². The summed E-state index contributed by atoms with van der Waals surface area (Å²) in [6.07, 6.45) is 2.92. The Hall–Kier alpha value is -3.00. The van der Waals surface area contributed by atoms with E-state index in [1.807, 2.05) is 30.3 Å². The molecule has 0 atom stereocenters. The lowest BCUT2D eigenvalue weighted by atomic mass is 10.2. The number of rotatable bonds is 4. The van der Waals surface area contributed by atoms with E-state index in [9.17, 15) is 9.90 Å². The summed E-state index contributed by atoms with van der Waals surface area (Å²) in [6, 6.07) is 11.0. The zero-order valence-corrected chi connectivity index (χ0v) is 12.0. The van der Waals surface area contributed by atoms with E-state index in [0.29, 0.717) is 18.5 Å². The quantitative estimate of drug-likeness (QED) is 0.671. The van der Waals surface area contributed by atoms with Crippen LogP contribution in [-0.2, 0) is 11.3 Å². The molecule has 1 aromatic heterocycles. The monoisotopic (exact) mass is 296 g/mol. The average Bonchev–Trinajstić information content (AvgIpc) is 2.54. The summed E-state index contributed by atoms with van der Waals surface area (Å²) in [5, 5.41) is 11.9. The molecule has 0 aliphatic rings. The van der Waals surface area contributed by atoms with Crippen molar-refractivity contribution in [2.75, 3.05) is 6.54 Å². The molecule has 112 valence electrons. The van der Waals surface area contributed by atoms with Gasteiger partial charge < -0.3 is 15.2 Å². The number of amides is 1. The van der Waals surface area contributed by atoms with E-state index in [-0.39, 0.29) is 12.4 Å². The van der Waals surface area contributed by atoms with Crippen LogP contribution in [0, 0.1) is 11.8 Å². The van der Waals surface area contributed by atoms with Crippen LogP contribution < -0.4 is 5.32 Å². The minimum absolute atomic E-state index is 0.0782. The minimum Gasteiger partial charge on any atom is -0.506 e. The predicted octanol–water partition coefficient (Wildman–Crippen LogP) is 2.46. The SMILES string of the molecule is O=C(NCCC#Cc1cncc(O)c1)OCc1ccccc1. The molecule has 1 aromatic carbocycles. The van der Waals surface area contributed by atoms with Gasteiger partial charge in [-0.15, -0.1) is 0 Å². The van der Waals surface area contributed by atoms with Crippen molar-refractivity contribution in [2.24, 2.45) is 0 Å². The lowest BCUT2D eigenvalue weighted by Gasteiger charge is -2.05. The third kappa shape index (κ3) is 5.55. The fourth-order valence-corrected chi connectivity index (χ4v) is 1.66. The van der Waals surface area contributed by atoms with Crippen molar-refractivity contribution in [3.63, 3.8) is 0 Å². The number of alkyl carbamates (subject to hydrolysis) is 1. The predicted molar refractivity (Wildman–Crippen MR) is 82.0 cm³/mol. The second kappa shape index (κ2) is 8.32. The summed E-state index contributed by atoms with van der Waals surface area (Å²) in [5.74, 6) is 5.82. The van der Waals surface area contributed by atoms with Crippen LogP contribution in [0.4, 0.5) is 4.79 Å². The Balaban J connectivity index is 1.65. The summed E-state index contributed by atoms with van der Waals surface area (Å²) in [4.78, 5) is 15.3. The highest BCUT2D eigenvalue weighted by molar-refractivity contribution is 5.67. The summed E-state index contributed by atoms with van der Waals surface area (Å²) in [6.45, 7) is 0.639. The van der Waals surface area contributed by atoms with Gasteiger partial charge in [0.05, 0.1) is 6.20 Å². The Labute approximate surface area is 129 Å². The molecular weight excluding hydrogens is 280 g/mol. The number of aromatic hydroxyl groups is 1. The molecule has 2 aromatic rings. The Morgan fingerprint density at radius 3 is 2.86 bits per heavy atom. The highest BCUT2D eigenvalue weighted by atomic mass is 16.5. The molecular formula is C17H16N2O3. The van der Waals surface area contributed by atoms with E-state index in [4.69, 9.17) is 4.74 Å². The number of hydrogen-bond donors (Lipinski definition) is 2. The molecule has 22 heavy (non-hydrogen) atoms.